The summed E-state index contributed by atoms with van der Waals surface area (Å²) in [7, 11) is 0. The molecule has 0 heterocycles. The van der Waals surface area contributed by atoms with Crippen LogP contribution in [-0.2, 0) is 0 Å². The van der Waals surface area contributed by atoms with Gasteiger partial charge in [0, 0.05) is 13.1 Å². The Labute approximate surface area is 218 Å². The van der Waals surface area contributed by atoms with Gasteiger partial charge in [-0.1, -0.05) is 117 Å². The van der Waals surface area contributed by atoms with E-state index in [-0.39, 0.29) is 11.4 Å². The average Bonchev–Trinajstić information content (AvgIpc) is 2.85. The predicted octanol–water partition coefficient (Wildman–Crippen LogP) is 9.39. The van der Waals surface area contributed by atoms with E-state index in [1.165, 1.54) is 96.0 Å². The fourth-order valence-corrected chi connectivity index (χ4v) is 4.48. The number of nitrogens with one attached hydrogen (secondary N) is 2. The molecule has 0 aromatic heterocycles. The smallest absolute Gasteiger partial charge is 0.299 e. The molecular formula is C28H50N4O4. The molecule has 8 nitrogen and oxygen atoms in total. The summed E-state index contributed by atoms with van der Waals surface area (Å²) in [5.74, 6) is 0. The van der Waals surface area contributed by atoms with Crippen LogP contribution in [0.25, 0.3) is 0 Å². The van der Waals surface area contributed by atoms with Gasteiger partial charge in [0.1, 0.15) is 11.4 Å². The molecule has 0 radical (unpaired) electrons. The Morgan fingerprint density at radius 1 is 0.528 bits per heavy atom. The van der Waals surface area contributed by atoms with E-state index in [1.54, 1.807) is 0 Å². The maximum absolute atomic E-state index is 11.6. The van der Waals surface area contributed by atoms with Crippen LogP contribution in [0.3, 0.4) is 0 Å². The average molecular weight is 507 g/mol. The second kappa shape index (κ2) is 20.8. The van der Waals surface area contributed by atoms with E-state index in [4.69, 9.17) is 0 Å². The Bertz CT molecular complexity index is 685. The molecule has 1 rings (SSSR count). The number of hydrogen-bond acceptors (Lipinski definition) is 6. The predicted molar refractivity (Wildman–Crippen MR) is 151 cm³/mol. The monoisotopic (exact) mass is 506 g/mol. The number of rotatable bonds is 24. The summed E-state index contributed by atoms with van der Waals surface area (Å²) in [6.07, 6.45) is 21.7. The van der Waals surface area contributed by atoms with Gasteiger partial charge in [-0.15, -0.1) is 0 Å². The molecule has 0 saturated heterocycles. The van der Waals surface area contributed by atoms with Crippen molar-refractivity contribution < 1.29 is 9.85 Å². The van der Waals surface area contributed by atoms with Crippen molar-refractivity contribution in [3.8, 4) is 0 Å². The summed E-state index contributed by atoms with van der Waals surface area (Å²) in [4.78, 5) is 22.0. The Balaban J connectivity index is 2.48. The molecule has 0 aliphatic carbocycles. The zero-order valence-corrected chi connectivity index (χ0v) is 22.8. The molecular weight excluding hydrogens is 456 g/mol. The summed E-state index contributed by atoms with van der Waals surface area (Å²) in [5.41, 5.74) is 0.206. The Hall–Kier alpha value is -2.38. The normalized spacial score (nSPS) is 10.9. The van der Waals surface area contributed by atoms with Crippen molar-refractivity contribution in [1.29, 1.82) is 0 Å². The van der Waals surface area contributed by atoms with Gasteiger partial charge in [0.25, 0.3) is 11.4 Å². The van der Waals surface area contributed by atoms with Gasteiger partial charge in [-0.3, -0.25) is 20.2 Å². The van der Waals surface area contributed by atoms with E-state index in [1.807, 2.05) is 0 Å². The largest absolute Gasteiger partial charge is 0.379 e. The first kappa shape index (κ1) is 31.6. The molecule has 36 heavy (non-hydrogen) atoms. The molecule has 0 fully saturated rings. The minimum atomic E-state index is -0.546. The van der Waals surface area contributed by atoms with Gasteiger partial charge in [0.15, 0.2) is 0 Å². The molecule has 0 saturated carbocycles. The quantitative estimate of drug-likeness (QED) is 0.0820. The summed E-state index contributed by atoms with van der Waals surface area (Å²) in [5, 5.41) is 29.4. The van der Waals surface area contributed by atoms with E-state index in [9.17, 15) is 20.2 Å². The van der Waals surface area contributed by atoms with Gasteiger partial charge in [0.2, 0.25) is 0 Å². The number of nitro groups is 2. The highest BCUT2D eigenvalue weighted by molar-refractivity contribution is 5.76. The number of anilines is 2. The van der Waals surface area contributed by atoms with Crippen LogP contribution in [0.4, 0.5) is 22.7 Å². The van der Waals surface area contributed by atoms with Crippen LogP contribution in [0.15, 0.2) is 12.1 Å². The number of benzene rings is 1. The van der Waals surface area contributed by atoms with E-state index < -0.39 is 9.85 Å². The molecule has 0 aliphatic heterocycles. The van der Waals surface area contributed by atoms with Crippen molar-refractivity contribution in [1.82, 2.24) is 0 Å². The Morgan fingerprint density at radius 2 is 0.833 bits per heavy atom. The third-order valence-corrected chi connectivity index (χ3v) is 6.70. The molecule has 2 N–H and O–H groups in total. The zero-order chi connectivity index (χ0) is 26.4. The van der Waals surface area contributed by atoms with Crippen LogP contribution in [0.5, 0.6) is 0 Å². The summed E-state index contributed by atoms with van der Waals surface area (Å²) in [6, 6.07) is 2.62. The zero-order valence-electron chi connectivity index (χ0n) is 22.8. The number of hydrogen-bond donors (Lipinski definition) is 2. The van der Waals surface area contributed by atoms with Gasteiger partial charge in [0.05, 0.1) is 15.9 Å². The van der Waals surface area contributed by atoms with Crippen LogP contribution >= 0.6 is 0 Å². The lowest BCUT2D eigenvalue weighted by atomic mass is 10.1. The lowest BCUT2D eigenvalue weighted by molar-refractivity contribution is -0.393. The maximum Gasteiger partial charge on any atom is 0.299 e. The lowest BCUT2D eigenvalue weighted by Gasteiger charge is -2.12. The molecule has 1 aromatic carbocycles. The van der Waals surface area contributed by atoms with Crippen LogP contribution in [0, 0.1) is 20.2 Å². The highest BCUT2D eigenvalue weighted by atomic mass is 16.6. The second-order valence-corrected chi connectivity index (χ2v) is 9.91. The highest BCUT2D eigenvalue weighted by Gasteiger charge is 2.24. The van der Waals surface area contributed by atoms with Crippen LogP contribution < -0.4 is 10.6 Å². The van der Waals surface area contributed by atoms with Crippen molar-refractivity contribution in [2.45, 2.75) is 129 Å². The van der Waals surface area contributed by atoms with E-state index in [0.29, 0.717) is 24.5 Å². The molecule has 0 amide bonds. The minimum absolute atomic E-state index is 0.244. The molecule has 1 aromatic rings. The minimum Gasteiger partial charge on any atom is -0.379 e. The van der Waals surface area contributed by atoms with Gasteiger partial charge < -0.3 is 10.6 Å². The standard InChI is InChI=1S/C28H50N4O4/c1-3-5-7-9-11-13-15-17-19-21-29-25-23-26(28(32(35)36)24-27(25)31(33)34)30-22-20-18-16-14-12-10-8-6-4-2/h23-24,29-30H,3-22H2,1-2H3. The van der Waals surface area contributed by atoms with E-state index in [2.05, 4.69) is 24.5 Å². The third kappa shape index (κ3) is 14.2. The molecule has 8 heteroatoms. The van der Waals surface area contributed by atoms with Gasteiger partial charge in [-0.2, -0.15) is 0 Å². The van der Waals surface area contributed by atoms with E-state index >= 15 is 0 Å². The van der Waals surface area contributed by atoms with Crippen LogP contribution in [-0.4, -0.2) is 22.9 Å². The first-order valence-corrected chi connectivity index (χ1v) is 14.5. The lowest BCUT2D eigenvalue weighted by Crippen LogP contribution is -2.09. The summed E-state index contributed by atoms with van der Waals surface area (Å²) < 4.78 is 0. The SMILES string of the molecule is CCCCCCCCCCCNc1cc(NCCCCCCCCCCC)c([N+](=O)[O-])cc1[N+](=O)[O-]. The molecule has 0 unspecified atom stereocenters. The fraction of sp³-hybridized carbons (Fsp3) is 0.786. The van der Waals surface area contributed by atoms with Crippen molar-refractivity contribution in [2.24, 2.45) is 0 Å². The van der Waals surface area contributed by atoms with Gasteiger partial charge in [-0.05, 0) is 18.9 Å². The van der Waals surface area contributed by atoms with Crippen LogP contribution in [0.2, 0.25) is 0 Å². The summed E-state index contributed by atoms with van der Waals surface area (Å²) in [6.45, 7) is 5.68. The molecule has 0 atom stereocenters. The molecule has 0 spiro atoms. The second-order valence-electron chi connectivity index (χ2n) is 9.91. The van der Waals surface area contributed by atoms with Crippen molar-refractivity contribution in [2.75, 3.05) is 23.7 Å². The van der Waals surface area contributed by atoms with Gasteiger partial charge in [-0.25, -0.2) is 0 Å². The number of nitro benzene ring substituents is 2. The maximum atomic E-state index is 11.6. The number of unbranched alkanes of at least 4 members (excludes halogenated alkanes) is 16. The fourth-order valence-electron chi connectivity index (χ4n) is 4.48. The number of nitrogens with zero attached hydrogens (tertiary/aromatic N) is 2. The van der Waals surface area contributed by atoms with Crippen molar-refractivity contribution in [3.63, 3.8) is 0 Å². The molecule has 0 aliphatic rings. The summed E-state index contributed by atoms with van der Waals surface area (Å²) >= 11 is 0. The Morgan fingerprint density at radius 3 is 1.14 bits per heavy atom. The first-order valence-electron chi connectivity index (χ1n) is 14.5. The topological polar surface area (TPSA) is 110 Å². The van der Waals surface area contributed by atoms with Crippen molar-refractivity contribution in [3.05, 3.63) is 32.4 Å². The van der Waals surface area contributed by atoms with Gasteiger partial charge >= 0.3 is 0 Å². The van der Waals surface area contributed by atoms with Crippen LogP contribution in [0.1, 0.15) is 129 Å². The highest BCUT2D eigenvalue weighted by Crippen LogP contribution is 2.36. The van der Waals surface area contributed by atoms with Crippen molar-refractivity contribution >= 4 is 22.7 Å². The molecule has 206 valence electrons. The van der Waals surface area contributed by atoms with E-state index in [0.717, 1.165) is 31.7 Å². The third-order valence-electron chi connectivity index (χ3n) is 6.70. The molecule has 0 bridgehead atoms. The first-order chi connectivity index (χ1) is 17.5. The Kier molecular flexibility index (Phi) is 18.3.